The highest BCUT2D eigenvalue weighted by molar-refractivity contribution is 6.65. The van der Waals surface area contributed by atoms with Crippen LogP contribution in [0.1, 0.15) is 40.0 Å². The van der Waals surface area contributed by atoms with E-state index in [1.54, 1.807) is 0 Å². The molecule has 116 valence electrons. The van der Waals surface area contributed by atoms with Crippen molar-refractivity contribution in [2.75, 3.05) is 26.2 Å². The third-order valence-electron chi connectivity index (χ3n) is 3.96. The molecule has 1 aliphatic heterocycles. The number of amides is 1. The molecule has 2 N–H and O–H groups in total. The predicted molar refractivity (Wildman–Crippen MR) is 83.8 cm³/mol. The Morgan fingerprint density at radius 1 is 1.45 bits per heavy atom. The van der Waals surface area contributed by atoms with Gasteiger partial charge in [0.25, 0.3) is 0 Å². The second-order valence-corrected chi connectivity index (χ2v) is 5.74. The lowest BCUT2D eigenvalue weighted by atomic mass is 10.0. The van der Waals surface area contributed by atoms with E-state index >= 15 is 0 Å². The fourth-order valence-electron chi connectivity index (χ4n) is 2.46. The average Bonchev–Trinajstić information content (AvgIpc) is 2.50. The highest BCUT2D eigenvalue weighted by Crippen LogP contribution is 2.19. The Kier molecular flexibility index (Phi) is 7.30. The Bertz CT molecular complexity index is 340. The first-order chi connectivity index (χ1) is 9.53. The van der Waals surface area contributed by atoms with Gasteiger partial charge in [0.05, 0.1) is 6.04 Å². The minimum absolute atomic E-state index is 0.124. The molecular weight excluding hydrogens is 276 g/mol. The molecule has 1 heterocycles. The maximum atomic E-state index is 12.1. The third-order valence-corrected chi connectivity index (χ3v) is 4.19. The molecule has 0 aromatic heterocycles. The van der Waals surface area contributed by atoms with Gasteiger partial charge in [-0.1, -0.05) is 25.4 Å². The molecule has 0 aromatic carbocycles. The lowest BCUT2D eigenvalue weighted by molar-refractivity contribution is -0.136. The second kappa shape index (κ2) is 8.47. The monoisotopic (exact) mass is 302 g/mol. The molecule has 6 heteroatoms. The normalized spacial score (nSPS) is 19.1. The van der Waals surface area contributed by atoms with Gasteiger partial charge in [-0.3, -0.25) is 9.80 Å². The first-order valence-corrected chi connectivity index (χ1v) is 7.89. The topological polar surface area (TPSA) is 61.9 Å². The minimum atomic E-state index is 0.124. The first kappa shape index (κ1) is 17.2. The van der Waals surface area contributed by atoms with E-state index in [4.69, 9.17) is 17.3 Å². The largest absolute Gasteiger partial charge is 0.342 e. The fourth-order valence-corrected chi connectivity index (χ4v) is 2.56. The smallest absolute Gasteiger partial charge is 0.225 e. The number of nitrogens with two attached hydrogens (primary N) is 1. The van der Waals surface area contributed by atoms with Crippen molar-refractivity contribution < 1.29 is 4.79 Å². The summed E-state index contributed by atoms with van der Waals surface area (Å²) < 4.78 is 0. The number of carbonyl (C=O) groups excluding carboxylic acids is 1. The Balaban J connectivity index is 2.54. The summed E-state index contributed by atoms with van der Waals surface area (Å²) in [6, 6.07) is 0.348. The van der Waals surface area contributed by atoms with Gasteiger partial charge in [-0.15, -0.1) is 0 Å². The van der Waals surface area contributed by atoms with Gasteiger partial charge in [-0.25, -0.2) is 0 Å². The van der Waals surface area contributed by atoms with Crippen LogP contribution in [-0.2, 0) is 4.79 Å². The summed E-state index contributed by atoms with van der Waals surface area (Å²) >= 11 is 5.92. The molecule has 0 aromatic rings. The van der Waals surface area contributed by atoms with Crippen LogP contribution in [0.2, 0.25) is 0 Å². The van der Waals surface area contributed by atoms with Crippen molar-refractivity contribution >= 4 is 22.7 Å². The van der Waals surface area contributed by atoms with Crippen LogP contribution in [0.3, 0.4) is 0 Å². The number of hydrazone groups is 1. The van der Waals surface area contributed by atoms with Gasteiger partial charge in [0.2, 0.25) is 5.91 Å². The van der Waals surface area contributed by atoms with E-state index in [2.05, 4.69) is 18.9 Å². The summed E-state index contributed by atoms with van der Waals surface area (Å²) in [5.41, 5.74) is 5.47. The van der Waals surface area contributed by atoms with Crippen molar-refractivity contribution in [2.24, 2.45) is 16.8 Å². The SMILES string of the molecule is CCC(C)C(=O)N1CCC(N(CC)/N=C(/Cl)CN)CC1. The molecule has 1 atom stereocenters. The molecule has 0 saturated carbocycles. The molecule has 0 spiro atoms. The molecule has 1 unspecified atom stereocenters. The quantitative estimate of drug-likeness (QED) is 0.602. The predicted octanol–water partition coefficient (Wildman–Crippen LogP) is 1.86. The van der Waals surface area contributed by atoms with E-state index in [1.165, 1.54) is 0 Å². The van der Waals surface area contributed by atoms with Crippen molar-refractivity contribution in [3.8, 4) is 0 Å². The lowest BCUT2D eigenvalue weighted by Gasteiger charge is -2.37. The molecule has 1 rings (SSSR count). The molecule has 0 radical (unpaired) electrons. The van der Waals surface area contributed by atoms with Gasteiger partial charge in [-0.05, 0) is 26.2 Å². The number of likely N-dealkylation sites (tertiary alicyclic amines) is 1. The Morgan fingerprint density at radius 2 is 2.05 bits per heavy atom. The fraction of sp³-hybridized carbons (Fsp3) is 0.857. The van der Waals surface area contributed by atoms with Crippen LogP contribution < -0.4 is 5.73 Å². The zero-order valence-corrected chi connectivity index (χ0v) is 13.6. The summed E-state index contributed by atoms with van der Waals surface area (Å²) in [6.45, 7) is 8.79. The number of hydrogen-bond donors (Lipinski definition) is 1. The van der Waals surface area contributed by atoms with Gasteiger partial charge in [-0.2, -0.15) is 5.10 Å². The summed E-state index contributed by atoms with van der Waals surface area (Å²) in [5, 5.41) is 6.78. The maximum Gasteiger partial charge on any atom is 0.225 e. The van der Waals surface area contributed by atoms with Gasteiger partial charge in [0.1, 0.15) is 5.17 Å². The molecule has 5 nitrogen and oxygen atoms in total. The van der Waals surface area contributed by atoms with E-state index in [1.807, 2.05) is 16.8 Å². The van der Waals surface area contributed by atoms with Crippen molar-refractivity contribution in [1.29, 1.82) is 0 Å². The number of piperidine rings is 1. The lowest BCUT2D eigenvalue weighted by Crippen LogP contribution is -2.46. The molecule has 0 aliphatic carbocycles. The summed E-state index contributed by atoms with van der Waals surface area (Å²) in [4.78, 5) is 14.1. The number of carbonyl (C=O) groups is 1. The van der Waals surface area contributed by atoms with Crippen LogP contribution in [0.4, 0.5) is 0 Å². The summed E-state index contributed by atoms with van der Waals surface area (Å²) in [5.74, 6) is 0.399. The molecule has 1 saturated heterocycles. The summed E-state index contributed by atoms with van der Waals surface area (Å²) in [7, 11) is 0. The first-order valence-electron chi connectivity index (χ1n) is 7.51. The molecule has 0 bridgehead atoms. The Labute approximate surface area is 127 Å². The molecule has 1 fully saturated rings. The van der Waals surface area contributed by atoms with Crippen molar-refractivity contribution in [3.05, 3.63) is 0 Å². The van der Waals surface area contributed by atoms with Gasteiger partial charge in [0, 0.05) is 32.1 Å². The van der Waals surface area contributed by atoms with Crippen LogP contribution in [0.15, 0.2) is 5.10 Å². The Hall–Kier alpha value is -0.810. The van der Waals surface area contributed by atoms with E-state index in [0.717, 1.165) is 38.9 Å². The van der Waals surface area contributed by atoms with Crippen LogP contribution in [-0.4, -0.2) is 53.2 Å². The van der Waals surface area contributed by atoms with Crippen molar-refractivity contribution in [1.82, 2.24) is 9.91 Å². The third kappa shape index (κ3) is 4.63. The van der Waals surface area contributed by atoms with Crippen LogP contribution in [0.5, 0.6) is 0 Å². The van der Waals surface area contributed by atoms with E-state index < -0.39 is 0 Å². The zero-order valence-electron chi connectivity index (χ0n) is 12.8. The number of rotatable bonds is 6. The Morgan fingerprint density at radius 3 is 2.50 bits per heavy atom. The van der Waals surface area contributed by atoms with E-state index in [0.29, 0.717) is 11.2 Å². The molecule has 20 heavy (non-hydrogen) atoms. The maximum absolute atomic E-state index is 12.1. The number of halogens is 1. The molecular formula is C14H27ClN4O. The van der Waals surface area contributed by atoms with Crippen LogP contribution >= 0.6 is 11.6 Å². The second-order valence-electron chi connectivity index (χ2n) is 5.30. The van der Waals surface area contributed by atoms with Gasteiger partial charge in [0.15, 0.2) is 0 Å². The van der Waals surface area contributed by atoms with E-state index in [-0.39, 0.29) is 18.4 Å². The number of hydrogen-bond acceptors (Lipinski definition) is 4. The highest BCUT2D eigenvalue weighted by atomic mass is 35.5. The number of nitrogens with zero attached hydrogens (tertiary/aromatic N) is 3. The zero-order chi connectivity index (χ0) is 15.1. The molecule has 1 aliphatic rings. The average molecular weight is 303 g/mol. The van der Waals surface area contributed by atoms with Crippen LogP contribution in [0, 0.1) is 5.92 Å². The van der Waals surface area contributed by atoms with Crippen LogP contribution in [0.25, 0.3) is 0 Å². The van der Waals surface area contributed by atoms with Crippen molar-refractivity contribution in [2.45, 2.75) is 46.1 Å². The van der Waals surface area contributed by atoms with E-state index in [9.17, 15) is 4.79 Å². The standard InChI is InChI=1S/C14H27ClN4O/c1-4-11(3)14(20)18-8-6-12(7-9-18)19(5-2)17-13(15)10-16/h11-12H,4-10,16H2,1-3H3/b17-13+. The van der Waals surface area contributed by atoms with Gasteiger partial charge >= 0.3 is 0 Å². The molecule has 1 amide bonds. The van der Waals surface area contributed by atoms with Crippen molar-refractivity contribution in [3.63, 3.8) is 0 Å². The highest BCUT2D eigenvalue weighted by Gasteiger charge is 2.27. The van der Waals surface area contributed by atoms with Gasteiger partial charge < -0.3 is 10.6 Å². The minimum Gasteiger partial charge on any atom is -0.342 e. The summed E-state index contributed by atoms with van der Waals surface area (Å²) in [6.07, 6.45) is 2.78.